The molecule has 0 aliphatic carbocycles. The zero-order valence-corrected chi connectivity index (χ0v) is 18.9. The first-order chi connectivity index (χ1) is 14.9. The maximum absolute atomic E-state index is 13.6. The highest BCUT2D eigenvalue weighted by Crippen LogP contribution is 2.48. The van der Waals surface area contributed by atoms with Gasteiger partial charge in [-0.25, -0.2) is 9.37 Å². The Balaban J connectivity index is 1.64. The van der Waals surface area contributed by atoms with Gasteiger partial charge in [-0.1, -0.05) is 56.3 Å². The third-order valence-corrected chi connectivity index (χ3v) is 6.67. The summed E-state index contributed by atoms with van der Waals surface area (Å²) in [5, 5.41) is 0. The van der Waals surface area contributed by atoms with Crippen LogP contribution in [-0.4, -0.2) is 30.0 Å². The van der Waals surface area contributed by atoms with Crippen LogP contribution in [-0.2, 0) is 6.54 Å². The normalized spacial score (nSPS) is 21.5. The van der Waals surface area contributed by atoms with E-state index in [9.17, 15) is 4.39 Å². The molecule has 0 radical (unpaired) electrons. The van der Waals surface area contributed by atoms with Gasteiger partial charge in [0.2, 0.25) is 0 Å². The van der Waals surface area contributed by atoms with Crippen LogP contribution in [0.4, 0.5) is 10.2 Å². The van der Waals surface area contributed by atoms with Crippen LogP contribution in [0, 0.1) is 11.7 Å². The van der Waals surface area contributed by atoms with E-state index in [1.807, 2.05) is 24.4 Å². The van der Waals surface area contributed by atoms with Crippen molar-refractivity contribution in [3.8, 4) is 0 Å². The van der Waals surface area contributed by atoms with Crippen LogP contribution in [0.25, 0.3) is 0 Å². The maximum Gasteiger partial charge on any atom is 0.128 e. The van der Waals surface area contributed by atoms with E-state index >= 15 is 0 Å². The first-order valence-corrected chi connectivity index (χ1v) is 11.1. The van der Waals surface area contributed by atoms with Crippen molar-refractivity contribution in [2.75, 3.05) is 19.0 Å². The lowest BCUT2D eigenvalue weighted by molar-refractivity contribution is 0.197. The Labute approximate surface area is 185 Å². The number of hydrogen-bond acceptors (Lipinski definition) is 3. The van der Waals surface area contributed by atoms with Crippen molar-refractivity contribution >= 4 is 5.82 Å². The van der Waals surface area contributed by atoms with Gasteiger partial charge in [0.1, 0.15) is 11.6 Å². The first kappa shape index (κ1) is 21.5. The van der Waals surface area contributed by atoms with Gasteiger partial charge in [0.05, 0.1) is 0 Å². The zero-order chi connectivity index (χ0) is 22.0. The third-order valence-electron chi connectivity index (χ3n) is 6.67. The predicted octanol–water partition coefficient (Wildman–Crippen LogP) is 6.04. The Morgan fingerprint density at radius 2 is 1.74 bits per heavy atom. The summed E-state index contributed by atoms with van der Waals surface area (Å²) >= 11 is 0. The van der Waals surface area contributed by atoms with E-state index in [0.717, 1.165) is 18.8 Å². The molecule has 162 valence electrons. The fourth-order valence-electron chi connectivity index (χ4n) is 5.05. The van der Waals surface area contributed by atoms with E-state index in [-0.39, 0.29) is 11.9 Å². The number of benzene rings is 2. The van der Waals surface area contributed by atoms with Crippen LogP contribution in [0.15, 0.2) is 72.9 Å². The minimum absolute atomic E-state index is 0.185. The van der Waals surface area contributed by atoms with Crippen molar-refractivity contribution in [1.82, 2.24) is 9.88 Å². The first-order valence-electron chi connectivity index (χ1n) is 11.1. The number of aromatic nitrogens is 1. The highest BCUT2D eigenvalue weighted by Gasteiger charge is 2.41. The van der Waals surface area contributed by atoms with Gasteiger partial charge in [0.25, 0.3) is 0 Å². The van der Waals surface area contributed by atoms with Gasteiger partial charge in [0.15, 0.2) is 0 Å². The molecule has 0 N–H and O–H groups in total. The van der Waals surface area contributed by atoms with Crippen LogP contribution in [0.2, 0.25) is 0 Å². The largest absolute Gasteiger partial charge is 0.355 e. The van der Waals surface area contributed by atoms with E-state index in [1.54, 1.807) is 12.1 Å². The smallest absolute Gasteiger partial charge is 0.128 e. The van der Waals surface area contributed by atoms with Gasteiger partial charge in [-0.15, -0.1) is 0 Å². The SMILES string of the molecule is CC(C)C1CC(c2ccnc(N(C)Cc3ccccc3)c2)C(c2ccc(F)cc2)N1C. The fraction of sp³-hybridized carbons (Fsp3) is 0.370. The van der Waals surface area contributed by atoms with Crippen molar-refractivity contribution in [3.63, 3.8) is 0 Å². The highest BCUT2D eigenvalue weighted by molar-refractivity contribution is 5.43. The Bertz CT molecular complexity index is 987. The maximum atomic E-state index is 13.6. The molecular formula is C27H32FN3. The standard InChI is InChI=1S/C27H32FN3/c1-19(2)25-17-24(27(31(25)4)21-10-12-23(28)13-11-21)22-14-15-29-26(16-22)30(3)18-20-8-6-5-7-9-20/h5-16,19,24-25,27H,17-18H2,1-4H3. The summed E-state index contributed by atoms with van der Waals surface area (Å²) < 4.78 is 13.6. The van der Waals surface area contributed by atoms with Gasteiger partial charge >= 0.3 is 0 Å². The van der Waals surface area contributed by atoms with Gasteiger partial charge in [-0.3, -0.25) is 4.90 Å². The molecule has 31 heavy (non-hydrogen) atoms. The minimum Gasteiger partial charge on any atom is -0.355 e. The molecule has 0 saturated carbocycles. The number of anilines is 1. The molecule has 3 nitrogen and oxygen atoms in total. The molecule has 3 atom stereocenters. The Morgan fingerprint density at radius 3 is 2.42 bits per heavy atom. The number of likely N-dealkylation sites (N-methyl/N-ethyl adjacent to an activating group) is 1. The summed E-state index contributed by atoms with van der Waals surface area (Å²) in [6, 6.07) is 22.6. The van der Waals surface area contributed by atoms with Crippen LogP contribution < -0.4 is 4.90 Å². The van der Waals surface area contributed by atoms with Crippen LogP contribution >= 0.6 is 0 Å². The molecule has 3 unspecified atom stereocenters. The molecule has 0 amide bonds. The van der Waals surface area contributed by atoms with Crippen molar-refractivity contribution in [2.45, 2.75) is 44.8 Å². The number of likely N-dealkylation sites (tertiary alicyclic amines) is 1. The summed E-state index contributed by atoms with van der Waals surface area (Å²) in [6.07, 6.45) is 3.01. The molecule has 1 aliphatic rings. The van der Waals surface area contributed by atoms with Crippen LogP contribution in [0.5, 0.6) is 0 Å². The molecule has 4 heteroatoms. The average molecular weight is 418 g/mol. The van der Waals surface area contributed by atoms with E-state index in [2.05, 4.69) is 79.1 Å². The molecule has 1 aromatic heterocycles. The molecule has 1 fully saturated rings. The van der Waals surface area contributed by atoms with Gasteiger partial charge in [-0.2, -0.15) is 0 Å². The summed E-state index contributed by atoms with van der Waals surface area (Å²) in [4.78, 5) is 9.33. The molecule has 2 aromatic carbocycles. The molecule has 1 saturated heterocycles. The number of hydrogen-bond donors (Lipinski definition) is 0. The molecular weight excluding hydrogens is 385 g/mol. The second kappa shape index (κ2) is 9.19. The molecule has 4 rings (SSSR count). The van der Waals surface area contributed by atoms with Crippen LogP contribution in [0.3, 0.4) is 0 Å². The van der Waals surface area contributed by atoms with Crippen LogP contribution in [0.1, 0.15) is 48.9 Å². The third kappa shape index (κ3) is 4.64. The Morgan fingerprint density at radius 1 is 1.03 bits per heavy atom. The lowest BCUT2D eigenvalue weighted by Gasteiger charge is -2.30. The predicted molar refractivity (Wildman–Crippen MR) is 126 cm³/mol. The van der Waals surface area contributed by atoms with Crippen molar-refractivity contribution < 1.29 is 4.39 Å². The molecule has 0 bridgehead atoms. The minimum atomic E-state index is -0.185. The second-order valence-electron chi connectivity index (χ2n) is 9.10. The van der Waals surface area contributed by atoms with Crippen molar-refractivity contribution in [1.29, 1.82) is 0 Å². The molecule has 0 spiro atoms. The highest BCUT2D eigenvalue weighted by atomic mass is 19.1. The monoisotopic (exact) mass is 417 g/mol. The number of rotatable bonds is 6. The Kier molecular flexibility index (Phi) is 6.38. The lowest BCUT2D eigenvalue weighted by Crippen LogP contribution is -2.31. The van der Waals surface area contributed by atoms with Gasteiger partial charge in [-0.05, 0) is 60.3 Å². The molecule has 3 aromatic rings. The quantitative estimate of drug-likeness (QED) is 0.487. The van der Waals surface area contributed by atoms with E-state index in [0.29, 0.717) is 17.9 Å². The van der Waals surface area contributed by atoms with E-state index in [4.69, 9.17) is 0 Å². The van der Waals surface area contributed by atoms with Crippen molar-refractivity contribution in [2.24, 2.45) is 5.92 Å². The number of nitrogens with zero attached hydrogens (tertiary/aromatic N) is 3. The van der Waals surface area contributed by atoms with E-state index < -0.39 is 0 Å². The van der Waals surface area contributed by atoms with Crippen molar-refractivity contribution in [3.05, 3.63) is 95.4 Å². The van der Waals surface area contributed by atoms with Gasteiger partial charge < -0.3 is 4.90 Å². The Hall–Kier alpha value is -2.72. The topological polar surface area (TPSA) is 19.4 Å². The fourth-order valence-corrected chi connectivity index (χ4v) is 5.05. The summed E-state index contributed by atoms with van der Waals surface area (Å²) in [6.45, 7) is 5.39. The number of pyridine rings is 1. The second-order valence-corrected chi connectivity index (χ2v) is 9.10. The summed E-state index contributed by atoms with van der Waals surface area (Å²) in [5.74, 6) is 1.69. The molecule has 1 aliphatic heterocycles. The zero-order valence-electron chi connectivity index (χ0n) is 18.9. The summed E-state index contributed by atoms with van der Waals surface area (Å²) in [7, 11) is 4.30. The summed E-state index contributed by atoms with van der Waals surface area (Å²) in [5.41, 5.74) is 3.74. The van der Waals surface area contributed by atoms with Gasteiger partial charge in [0, 0.05) is 37.8 Å². The van der Waals surface area contributed by atoms with E-state index in [1.165, 1.54) is 16.7 Å². The average Bonchev–Trinajstić information content (AvgIpc) is 3.12. The number of halogens is 1. The molecule has 2 heterocycles. The lowest BCUT2D eigenvalue weighted by atomic mass is 9.86.